The molecule has 1 aliphatic rings. The number of nitrogens with zero attached hydrogens (tertiary/aromatic N) is 1. The summed E-state index contributed by atoms with van der Waals surface area (Å²) in [4.78, 5) is 14.1. The van der Waals surface area contributed by atoms with Crippen LogP contribution in [-0.2, 0) is 16.4 Å². The van der Waals surface area contributed by atoms with E-state index >= 15 is 0 Å². The molecular formula is C23H30N2O4S. The molecule has 30 heavy (non-hydrogen) atoms. The van der Waals surface area contributed by atoms with Crippen molar-refractivity contribution < 1.29 is 18.3 Å². The van der Waals surface area contributed by atoms with Gasteiger partial charge < -0.3 is 10.0 Å². The maximum Gasteiger partial charge on any atom is 0.337 e. The van der Waals surface area contributed by atoms with Gasteiger partial charge in [-0.05, 0) is 61.1 Å². The molecule has 2 N–H and O–H groups in total. The van der Waals surface area contributed by atoms with Crippen LogP contribution in [0.25, 0.3) is 0 Å². The Bertz CT molecular complexity index is 977. The van der Waals surface area contributed by atoms with Crippen LogP contribution in [0.15, 0.2) is 47.4 Å². The van der Waals surface area contributed by atoms with Gasteiger partial charge in [0.1, 0.15) is 0 Å². The first-order valence-electron chi connectivity index (χ1n) is 10.5. The van der Waals surface area contributed by atoms with E-state index in [0.29, 0.717) is 5.92 Å². The number of nitrogens with one attached hydrogen (secondary N) is 1. The van der Waals surface area contributed by atoms with Crippen LogP contribution in [0.1, 0.15) is 55.5 Å². The summed E-state index contributed by atoms with van der Waals surface area (Å²) in [6.45, 7) is 5.98. The first kappa shape index (κ1) is 22.2. The highest BCUT2D eigenvalue weighted by molar-refractivity contribution is 7.92. The van der Waals surface area contributed by atoms with E-state index in [-0.39, 0.29) is 16.1 Å². The number of carboxylic acids is 1. The Hall–Kier alpha value is -2.54. The van der Waals surface area contributed by atoms with E-state index in [1.54, 1.807) is 42.5 Å². The lowest BCUT2D eigenvalue weighted by Crippen LogP contribution is -2.24. The van der Waals surface area contributed by atoms with Gasteiger partial charge in [0.05, 0.1) is 16.1 Å². The van der Waals surface area contributed by atoms with Crippen LogP contribution in [0.5, 0.6) is 0 Å². The fourth-order valence-corrected chi connectivity index (χ4v) is 4.88. The average molecular weight is 431 g/mol. The predicted molar refractivity (Wildman–Crippen MR) is 120 cm³/mol. The second kappa shape index (κ2) is 9.51. The van der Waals surface area contributed by atoms with Crippen LogP contribution < -0.4 is 9.62 Å². The minimum Gasteiger partial charge on any atom is -0.478 e. The van der Waals surface area contributed by atoms with E-state index in [1.165, 1.54) is 12.8 Å². The third-order valence-corrected chi connectivity index (χ3v) is 6.71. The van der Waals surface area contributed by atoms with Gasteiger partial charge in [-0.1, -0.05) is 38.8 Å². The summed E-state index contributed by atoms with van der Waals surface area (Å²) in [6.07, 6.45) is 5.37. The molecule has 1 heterocycles. The first-order valence-corrected chi connectivity index (χ1v) is 12.0. The van der Waals surface area contributed by atoms with Crippen molar-refractivity contribution in [3.05, 3.63) is 53.6 Å². The molecule has 0 saturated carbocycles. The molecule has 2 aromatic rings. The van der Waals surface area contributed by atoms with Crippen LogP contribution in [0.2, 0.25) is 0 Å². The van der Waals surface area contributed by atoms with E-state index in [4.69, 9.17) is 0 Å². The van der Waals surface area contributed by atoms with Crippen molar-refractivity contribution >= 4 is 27.4 Å². The van der Waals surface area contributed by atoms with Crippen LogP contribution >= 0.6 is 0 Å². The summed E-state index contributed by atoms with van der Waals surface area (Å²) in [5.41, 5.74) is 1.91. The second-order valence-corrected chi connectivity index (χ2v) is 9.97. The molecule has 0 aliphatic carbocycles. The Morgan fingerprint density at radius 1 is 1.03 bits per heavy atom. The molecule has 1 saturated heterocycles. The van der Waals surface area contributed by atoms with E-state index in [1.807, 2.05) is 0 Å². The molecule has 0 amide bonds. The maximum atomic E-state index is 12.8. The van der Waals surface area contributed by atoms with E-state index < -0.39 is 16.0 Å². The molecule has 0 unspecified atom stereocenters. The lowest BCUT2D eigenvalue weighted by atomic mass is 10.0. The number of hydrogen-bond acceptors (Lipinski definition) is 4. The minimum atomic E-state index is -3.89. The quantitative estimate of drug-likeness (QED) is 0.661. The molecule has 3 rings (SSSR count). The number of rotatable bonds is 7. The van der Waals surface area contributed by atoms with Gasteiger partial charge in [-0.25, -0.2) is 13.2 Å². The Balaban J connectivity index is 1.84. The van der Waals surface area contributed by atoms with Crippen LogP contribution in [-0.4, -0.2) is 32.6 Å². The third-order valence-electron chi connectivity index (χ3n) is 5.33. The van der Waals surface area contributed by atoms with Crippen molar-refractivity contribution in [2.75, 3.05) is 22.7 Å². The SMILES string of the molecule is CC(C)Cc1ccc(S(=O)(=O)Nc2ccc(N3CCCCCC3)cc2C(=O)O)cc1. The normalized spacial score (nSPS) is 15.1. The van der Waals surface area contributed by atoms with Crippen molar-refractivity contribution in [1.29, 1.82) is 0 Å². The van der Waals surface area contributed by atoms with Crippen LogP contribution in [0.3, 0.4) is 0 Å². The number of carboxylic acid groups (broad SMARTS) is 1. The Labute approximate surface area is 179 Å². The average Bonchev–Trinajstić information content (AvgIpc) is 2.97. The third kappa shape index (κ3) is 5.53. The molecule has 0 aromatic heterocycles. The van der Waals surface area contributed by atoms with E-state index in [0.717, 1.165) is 43.6 Å². The molecule has 6 nitrogen and oxygen atoms in total. The fraction of sp³-hybridized carbons (Fsp3) is 0.435. The zero-order valence-corrected chi connectivity index (χ0v) is 18.4. The molecule has 0 radical (unpaired) electrons. The fourth-order valence-electron chi connectivity index (χ4n) is 3.80. The lowest BCUT2D eigenvalue weighted by molar-refractivity contribution is 0.0698. The van der Waals surface area contributed by atoms with E-state index in [9.17, 15) is 18.3 Å². The Morgan fingerprint density at radius 2 is 1.67 bits per heavy atom. The first-order chi connectivity index (χ1) is 14.3. The highest BCUT2D eigenvalue weighted by Gasteiger charge is 2.20. The van der Waals surface area contributed by atoms with Crippen LogP contribution in [0, 0.1) is 5.92 Å². The lowest BCUT2D eigenvalue weighted by Gasteiger charge is -2.23. The second-order valence-electron chi connectivity index (χ2n) is 8.28. The van der Waals surface area contributed by atoms with Gasteiger partial charge in [0.2, 0.25) is 0 Å². The van der Waals surface area contributed by atoms with Gasteiger partial charge in [0, 0.05) is 18.8 Å². The van der Waals surface area contributed by atoms with Gasteiger partial charge in [-0.2, -0.15) is 0 Å². The van der Waals surface area contributed by atoms with Crippen molar-refractivity contribution in [1.82, 2.24) is 0 Å². The van der Waals surface area contributed by atoms with Gasteiger partial charge in [0.25, 0.3) is 10.0 Å². The molecule has 1 fully saturated rings. The summed E-state index contributed by atoms with van der Waals surface area (Å²) in [5, 5.41) is 9.68. The number of carbonyl (C=O) groups is 1. The zero-order valence-electron chi connectivity index (χ0n) is 17.6. The monoisotopic (exact) mass is 430 g/mol. The molecule has 2 aromatic carbocycles. The van der Waals surface area contributed by atoms with Gasteiger partial charge in [-0.3, -0.25) is 4.72 Å². The molecule has 162 valence electrons. The smallest absolute Gasteiger partial charge is 0.337 e. The number of sulfonamides is 1. The summed E-state index contributed by atoms with van der Waals surface area (Å²) in [6, 6.07) is 11.6. The predicted octanol–water partition coefficient (Wildman–Crippen LogP) is 4.76. The Morgan fingerprint density at radius 3 is 2.23 bits per heavy atom. The maximum absolute atomic E-state index is 12.8. The van der Waals surface area contributed by atoms with Crippen molar-refractivity contribution in [3.63, 3.8) is 0 Å². The van der Waals surface area contributed by atoms with Gasteiger partial charge >= 0.3 is 5.97 Å². The molecule has 7 heteroatoms. The van der Waals surface area contributed by atoms with Gasteiger partial charge in [0.15, 0.2) is 0 Å². The topological polar surface area (TPSA) is 86.7 Å². The molecule has 0 atom stereocenters. The number of hydrogen-bond donors (Lipinski definition) is 2. The van der Waals surface area contributed by atoms with Crippen molar-refractivity contribution in [2.45, 2.75) is 50.8 Å². The van der Waals surface area contributed by atoms with E-state index in [2.05, 4.69) is 23.5 Å². The minimum absolute atomic E-state index is 0.0447. The zero-order chi connectivity index (χ0) is 21.7. The molecular weight excluding hydrogens is 400 g/mol. The Kier molecular flexibility index (Phi) is 7.02. The largest absolute Gasteiger partial charge is 0.478 e. The summed E-state index contributed by atoms with van der Waals surface area (Å²) in [7, 11) is -3.89. The number of benzene rings is 2. The van der Waals surface area contributed by atoms with Crippen molar-refractivity contribution in [3.8, 4) is 0 Å². The summed E-state index contributed by atoms with van der Waals surface area (Å²) in [5.74, 6) is -0.678. The van der Waals surface area contributed by atoms with Crippen LogP contribution in [0.4, 0.5) is 11.4 Å². The number of aromatic carboxylic acids is 1. The number of anilines is 2. The standard InChI is InChI=1S/C23H30N2O4S/c1-17(2)15-18-7-10-20(11-8-18)30(28,29)24-22-12-9-19(16-21(22)23(26)27)25-13-5-3-4-6-14-25/h7-12,16-17,24H,3-6,13-15H2,1-2H3,(H,26,27). The molecule has 0 spiro atoms. The molecule has 0 bridgehead atoms. The summed E-state index contributed by atoms with van der Waals surface area (Å²) >= 11 is 0. The molecule has 1 aliphatic heterocycles. The highest BCUT2D eigenvalue weighted by atomic mass is 32.2. The highest BCUT2D eigenvalue weighted by Crippen LogP contribution is 2.27. The van der Waals surface area contributed by atoms with Gasteiger partial charge in [-0.15, -0.1) is 0 Å². The van der Waals surface area contributed by atoms with Crippen molar-refractivity contribution in [2.24, 2.45) is 5.92 Å². The summed E-state index contributed by atoms with van der Waals surface area (Å²) < 4.78 is 28.1.